The van der Waals surface area contributed by atoms with Gasteiger partial charge in [-0.05, 0) is 41.0 Å². The van der Waals surface area contributed by atoms with Gasteiger partial charge in [-0.2, -0.15) is 5.10 Å². The number of ether oxygens (including phenoxy) is 1. The fraction of sp³-hybridized carbons (Fsp3) is 0.286. The van der Waals surface area contributed by atoms with Crippen LogP contribution in [-0.4, -0.2) is 61.8 Å². The Kier molecular flexibility index (Phi) is 8.43. The van der Waals surface area contributed by atoms with Crippen molar-refractivity contribution in [2.45, 2.75) is 12.5 Å². The molecule has 6 nitrogen and oxygen atoms in total. The number of carbonyl (C=O) groups excluding carboxylic acids is 1. The molecule has 3 aromatic rings. The molecule has 0 bridgehead atoms. The van der Waals surface area contributed by atoms with Gasteiger partial charge in [-0.15, -0.1) is 0 Å². The van der Waals surface area contributed by atoms with Gasteiger partial charge in [-0.25, -0.2) is 5.43 Å². The molecule has 176 valence electrons. The van der Waals surface area contributed by atoms with Crippen LogP contribution in [-0.2, 0) is 4.79 Å². The molecule has 1 N–H and O–H groups in total. The van der Waals surface area contributed by atoms with E-state index >= 15 is 0 Å². The van der Waals surface area contributed by atoms with Crippen LogP contribution in [0.4, 0.5) is 0 Å². The zero-order valence-corrected chi connectivity index (χ0v) is 19.6. The average Bonchev–Trinajstić information content (AvgIpc) is 2.90. The van der Waals surface area contributed by atoms with E-state index in [1.807, 2.05) is 24.3 Å². The van der Waals surface area contributed by atoms with Crippen LogP contribution < -0.4 is 10.2 Å². The Labute approximate surface area is 201 Å². The van der Waals surface area contributed by atoms with Crippen molar-refractivity contribution in [3.63, 3.8) is 0 Å². The molecule has 0 saturated carbocycles. The molecule has 1 saturated heterocycles. The third-order valence-corrected chi connectivity index (χ3v) is 6.18. The number of amides is 1. The SMILES string of the molecule is COc1ccc(/C=N/NC(=O)CCN2CCN(C(c3ccccc3)c3ccccc3)CC2)cc1. The molecule has 3 aromatic carbocycles. The number of piperazine rings is 1. The summed E-state index contributed by atoms with van der Waals surface area (Å²) in [6.45, 7) is 4.55. The van der Waals surface area contributed by atoms with Crippen LogP contribution in [0.25, 0.3) is 0 Å². The van der Waals surface area contributed by atoms with E-state index in [2.05, 4.69) is 81.0 Å². The Hall–Kier alpha value is -3.48. The Morgan fingerprint density at radius 2 is 1.50 bits per heavy atom. The fourth-order valence-corrected chi connectivity index (χ4v) is 4.31. The first-order valence-electron chi connectivity index (χ1n) is 11.7. The van der Waals surface area contributed by atoms with E-state index in [0.717, 1.165) is 44.0 Å². The summed E-state index contributed by atoms with van der Waals surface area (Å²) in [5, 5.41) is 4.07. The van der Waals surface area contributed by atoms with Crippen LogP contribution in [0.5, 0.6) is 5.75 Å². The Morgan fingerprint density at radius 3 is 2.06 bits per heavy atom. The van der Waals surface area contributed by atoms with E-state index in [9.17, 15) is 4.79 Å². The largest absolute Gasteiger partial charge is 0.497 e. The summed E-state index contributed by atoms with van der Waals surface area (Å²) in [5.41, 5.74) is 6.17. The van der Waals surface area contributed by atoms with Crippen molar-refractivity contribution in [3.05, 3.63) is 102 Å². The van der Waals surface area contributed by atoms with Crippen LogP contribution in [0.2, 0.25) is 0 Å². The molecule has 0 atom stereocenters. The van der Waals surface area contributed by atoms with Crippen molar-refractivity contribution in [1.29, 1.82) is 0 Å². The van der Waals surface area contributed by atoms with Crippen molar-refractivity contribution >= 4 is 12.1 Å². The van der Waals surface area contributed by atoms with E-state index in [1.165, 1.54) is 11.1 Å². The highest BCUT2D eigenvalue weighted by molar-refractivity contribution is 5.82. The predicted molar refractivity (Wildman–Crippen MR) is 136 cm³/mol. The minimum Gasteiger partial charge on any atom is -0.497 e. The average molecular weight is 457 g/mol. The second-order valence-electron chi connectivity index (χ2n) is 8.42. The van der Waals surface area contributed by atoms with Crippen molar-refractivity contribution < 1.29 is 9.53 Å². The van der Waals surface area contributed by atoms with Gasteiger partial charge >= 0.3 is 0 Å². The predicted octanol–water partition coefficient (Wildman–Crippen LogP) is 3.94. The number of hydrazone groups is 1. The summed E-state index contributed by atoms with van der Waals surface area (Å²) < 4.78 is 5.14. The molecular formula is C28H32N4O2. The maximum absolute atomic E-state index is 12.2. The number of nitrogens with one attached hydrogen (secondary N) is 1. The van der Waals surface area contributed by atoms with E-state index in [-0.39, 0.29) is 11.9 Å². The van der Waals surface area contributed by atoms with Crippen molar-refractivity contribution in [2.75, 3.05) is 39.8 Å². The normalized spacial score (nSPS) is 15.0. The zero-order valence-electron chi connectivity index (χ0n) is 19.6. The first-order chi connectivity index (χ1) is 16.7. The quantitative estimate of drug-likeness (QED) is 0.391. The number of hydrogen-bond acceptors (Lipinski definition) is 5. The summed E-state index contributed by atoms with van der Waals surface area (Å²) in [7, 11) is 1.63. The van der Waals surface area contributed by atoms with Gasteiger partial charge in [0.05, 0.1) is 19.4 Å². The molecule has 6 heteroatoms. The monoisotopic (exact) mass is 456 g/mol. The summed E-state index contributed by atoms with van der Waals surface area (Å²) in [6, 6.07) is 29.2. The molecule has 1 amide bonds. The van der Waals surface area contributed by atoms with Crippen molar-refractivity contribution in [2.24, 2.45) is 5.10 Å². The smallest absolute Gasteiger partial charge is 0.241 e. The summed E-state index contributed by atoms with van der Waals surface area (Å²) >= 11 is 0. The van der Waals surface area contributed by atoms with Crippen molar-refractivity contribution in [3.8, 4) is 5.75 Å². The van der Waals surface area contributed by atoms with Gasteiger partial charge < -0.3 is 9.64 Å². The number of methoxy groups -OCH3 is 1. The summed E-state index contributed by atoms with van der Waals surface area (Å²) in [4.78, 5) is 17.1. The van der Waals surface area contributed by atoms with Crippen LogP contribution in [0.1, 0.15) is 29.2 Å². The first kappa shape index (κ1) is 23.7. The molecule has 34 heavy (non-hydrogen) atoms. The lowest BCUT2D eigenvalue weighted by Crippen LogP contribution is -2.48. The molecule has 4 rings (SSSR count). The lowest BCUT2D eigenvalue weighted by molar-refractivity contribution is -0.121. The molecule has 0 radical (unpaired) electrons. The summed E-state index contributed by atoms with van der Waals surface area (Å²) in [5.74, 6) is 0.721. The van der Waals surface area contributed by atoms with Gasteiger partial charge in [0.2, 0.25) is 5.91 Å². The molecule has 0 aliphatic carbocycles. The maximum Gasteiger partial charge on any atom is 0.241 e. The standard InChI is InChI=1S/C28H32N4O2/c1-34-26-14-12-23(13-15-26)22-29-30-27(33)16-17-31-18-20-32(21-19-31)28(24-8-4-2-5-9-24)25-10-6-3-7-11-25/h2-15,22,28H,16-21H2,1H3,(H,30,33)/b29-22+. The topological polar surface area (TPSA) is 57.2 Å². The minimum atomic E-state index is -0.0707. The van der Waals surface area contributed by atoms with Crippen LogP contribution in [0.3, 0.4) is 0 Å². The van der Waals surface area contributed by atoms with Crippen LogP contribution in [0.15, 0.2) is 90.0 Å². The number of benzene rings is 3. The molecule has 1 heterocycles. The second-order valence-corrected chi connectivity index (χ2v) is 8.42. The lowest BCUT2D eigenvalue weighted by Gasteiger charge is -2.39. The van der Waals surface area contributed by atoms with Gasteiger partial charge in [0.15, 0.2) is 0 Å². The van der Waals surface area contributed by atoms with Crippen LogP contribution >= 0.6 is 0 Å². The maximum atomic E-state index is 12.2. The van der Waals surface area contributed by atoms with E-state index in [1.54, 1.807) is 13.3 Å². The van der Waals surface area contributed by atoms with Crippen LogP contribution in [0, 0.1) is 0 Å². The number of rotatable bonds is 9. The highest BCUT2D eigenvalue weighted by Gasteiger charge is 2.26. The third-order valence-electron chi connectivity index (χ3n) is 6.18. The zero-order chi connectivity index (χ0) is 23.6. The minimum absolute atomic E-state index is 0.0707. The molecule has 1 aliphatic heterocycles. The lowest BCUT2D eigenvalue weighted by atomic mass is 9.96. The molecular weight excluding hydrogens is 424 g/mol. The highest BCUT2D eigenvalue weighted by atomic mass is 16.5. The molecule has 0 spiro atoms. The highest BCUT2D eigenvalue weighted by Crippen LogP contribution is 2.29. The molecule has 1 fully saturated rings. The van der Waals surface area contributed by atoms with E-state index in [4.69, 9.17) is 4.74 Å². The van der Waals surface area contributed by atoms with Gasteiger partial charge in [0.25, 0.3) is 0 Å². The van der Waals surface area contributed by atoms with E-state index in [0.29, 0.717) is 6.42 Å². The second kappa shape index (κ2) is 12.1. The first-order valence-corrected chi connectivity index (χ1v) is 11.7. The number of nitrogens with zero attached hydrogens (tertiary/aromatic N) is 3. The van der Waals surface area contributed by atoms with E-state index < -0.39 is 0 Å². The molecule has 1 aliphatic rings. The van der Waals surface area contributed by atoms with Gasteiger partial charge in [-0.1, -0.05) is 60.7 Å². The van der Waals surface area contributed by atoms with Gasteiger partial charge in [0.1, 0.15) is 5.75 Å². The number of hydrogen-bond donors (Lipinski definition) is 1. The Balaban J connectivity index is 1.25. The Morgan fingerprint density at radius 1 is 0.912 bits per heavy atom. The fourth-order valence-electron chi connectivity index (χ4n) is 4.31. The number of carbonyl (C=O) groups is 1. The Bertz CT molecular complexity index is 1010. The van der Waals surface area contributed by atoms with Crippen molar-refractivity contribution in [1.82, 2.24) is 15.2 Å². The van der Waals surface area contributed by atoms with Gasteiger partial charge in [-0.3, -0.25) is 9.69 Å². The van der Waals surface area contributed by atoms with Gasteiger partial charge in [0, 0.05) is 39.1 Å². The summed E-state index contributed by atoms with van der Waals surface area (Å²) in [6.07, 6.45) is 2.07. The third kappa shape index (κ3) is 6.53. The molecule has 0 unspecified atom stereocenters. The molecule has 0 aromatic heterocycles.